The minimum atomic E-state index is -0.0201. The number of nitrogens with one attached hydrogen (secondary N) is 2. The number of rotatable bonds is 4. The molecule has 0 unspecified atom stereocenters. The topological polar surface area (TPSA) is 67.0 Å². The van der Waals surface area contributed by atoms with Crippen molar-refractivity contribution in [2.24, 2.45) is 0 Å². The molecule has 2 heterocycles. The van der Waals surface area contributed by atoms with Crippen molar-refractivity contribution in [3.63, 3.8) is 0 Å². The Morgan fingerprint density at radius 3 is 2.59 bits per heavy atom. The fourth-order valence-electron chi connectivity index (χ4n) is 3.12. The van der Waals surface area contributed by atoms with E-state index in [1.807, 2.05) is 19.1 Å². The molecule has 1 amide bonds. The number of thioether (sulfide) groups is 1. The van der Waals surface area contributed by atoms with E-state index in [0.29, 0.717) is 18.2 Å². The number of fused-ring (bicyclic) bond motifs is 1. The Bertz CT molecular complexity index is 949. The van der Waals surface area contributed by atoms with Crippen molar-refractivity contribution in [2.45, 2.75) is 25.7 Å². The summed E-state index contributed by atoms with van der Waals surface area (Å²) >= 11 is 1.61. The zero-order chi connectivity index (χ0) is 18.8. The van der Waals surface area contributed by atoms with E-state index in [-0.39, 0.29) is 11.2 Å². The van der Waals surface area contributed by atoms with Gasteiger partial charge in [-0.3, -0.25) is 9.89 Å². The van der Waals surface area contributed by atoms with Crippen molar-refractivity contribution >= 4 is 23.5 Å². The average Bonchev–Trinajstić information content (AvgIpc) is 2.93. The Morgan fingerprint density at radius 1 is 1.11 bits per heavy atom. The first-order chi connectivity index (χ1) is 13.1. The van der Waals surface area contributed by atoms with Crippen LogP contribution in [0, 0.1) is 13.8 Å². The van der Waals surface area contributed by atoms with E-state index in [2.05, 4.69) is 58.8 Å². The molecule has 138 valence electrons. The normalized spacial score (nSPS) is 16.4. The number of carbonyl (C=O) groups excluding carboxylic acids is 1. The highest BCUT2D eigenvalue weighted by Gasteiger charge is 2.28. The maximum atomic E-state index is 11.9. The lowest BCUT2D eigenvalue weighted by Crippen LogP contribution is -2.12. The van der Waals surface area contributed by atoms with Crippen LogP contribution in [0.2, 0.25) is 0 Å². The summed E-state index contributed by atoms with van der Waals surface area (Å²) < 4.78 is 5.90. The van der Waals surface area contributed by atoms with Gasteiger partial charge >= 0.3 is 0 Å². The highest BCUT2D eigenvalue weighted by Crippen LogP contribution is 2.42. The maximum Gasteiger partial charge on any atom is 0.235 e. The fraction of sp³-hybridized carbons (Fsp3) is 0.238. The van der Waals surface area contributed by atoms with Crippen LogP contribution in [0.5, 0.6) is 5.75 Å². The van der Waals surface area contributed by atoms with Crippen LogP contribution in [-0.4, -0.2) is 21.9 Å². The van der Waals surface area contributed by atoms with E-state index in [1.165, 1.54) is 5.56 Å². The van der Waals surface area contributed by atoms with Crippen LogP contribution in [0.4, 0.5) is 5.82 Å². The number of carbonyl (C=O) groups is 1. The van der Waals surface area contributed by atoms with E-state index >= 15 is 0 Å². The van der Waals surface area contributed by atoms with Gasteiger partial charge in [0.25, 0.3) is 0 Å². The van der Waals surface area contributed by atoms with E-state index in [1.54, 1.807) is 11.8 Å². The van der Waals surface area contributed by atoms with Gasteiger partial charge in [-0.25, -0.2) is 0 Å². The van der Waals surface area contributed by atoms with Crippen molar-refractivity contribution in [3.05, 3.63) is 76.5 Å². The summed E-state index contributed by atoms with van der Waals surface area (Å²) in [6.07, 6.45) is 0. The summed E-state index contributed by atoms with van der Waals surface area (Å²) in [6, 6.07) is 16.4. The predicted octanol–water partition coefficient (Wildman–Crippen LogP) is 4.38. The summed E-state index contributed by atoms with van der Waals surface area (Å²) in [5, 5.41) is 10.1. The Labute approximate surface area is 162 Å². The quantitative estimate of drug-likeness (QED) is 0.706. The Balaban J connectivity index is 1.51. The van der Waals surface area contributed by atoms with Gasteiger partial charge in [-0.1, -0.05) is 42.0 Å². The molecule has 4 rings (SSSR count). The summed E-state index contributed by atoms with van der Waals surface area (Å²) in [4.78, 5) is 11.9. The number of anilines is 1. The van der Waals surface area contributed by atoms with Crippen molar-refractivity contribution < 1.29 is 9.53 Å². The molecule has 1 aromatic heterocycles. The predicted molar refractivity (Wildman–Crippen MR) is 108 cm³/mol. The third kappa shape index (κ3) is 3.85. The van der Waals surface area contributed by atoms with Gasteiger partial charge in [-0.05, 0) is 37.1 Å². The monoisotopic (exact) mass is 379 g/mol. The molecular weight excluding hydrogens is 358 g/mol. The van der Waals surface area contributed by atoms with E-state index in [4.69, 9.17) is 4.74 Å². The van der Waals surface area contributed by atoms with Gasteiger partial charge in [0, 0.05) is 11.3 Å². The van der Waals surface area contributed by atoms with Gasteiger partial charge in [0.15, 0.2) is 5.82 Å². The fourth-order valence-corrected chi connectivity index (χ4v) is 4.31. The standard InChI is InChI=1S/C21H21N3O2S/c1-13-3-5-15(6-4-13)11-26-17-9-7-16(8-10-17)20-19-14(2)23-24-21(19)22-18(25)12-27-20/h3-10,20H,11-12H2,1-2H3,(H2,22,23,24,25)/t20-/m0/s1. The number of aromatic amines is 1. The van der Waals surface area contributed by atoms with Crippen LogP contribution in [-0.2, 0) is 11.4 Å². The first-order valence-electron chi connectivity index (χ1n) is 8.85. The minimum absolute atomic E-state index is 0.0201. The summed E-state index contributed by atoms with van der Waals surface area (Å²) in [5.41, 5.74) is 5.53. The molecule has 2 N–H and O–H groups in total. The van der Waals surface area contributed by atoms with Crippen LogP contribution in [0.25, 0.3) is 0 Å². The van der Waals surface area contributed by atoms with Gasteiger partial charge in [0.2, 0.25) is 5.91 Å². The molecule has 1 aliphatic rings. The number of H-pyrrole nitrogens is 1. The molecule has 27 heavy (non-hydrogen) atoms. The molecular formula is C21H21N3O2S. The second-order valence-electron chi connectivity index (χ2n) is 6.69. The van der Waals surface area contributed by atoms with E-state index in [0.717, 1.165) is 28.1 Å². The van der Waals surface area contributed by atoms with Crippen LogP contribution < -0.4 is 10.1 Å². The molecule has 0 aliphatic carbocycles. The average molecular weight is 379 g/mol. The highest BCUT2D eigenvalue weighted by molar-refractivity contribution is 8.00. The summed E-state index contributed by atoms with van der Waals surface area (Å²) in [6.45, 7) is 4.60. The Kier molecular flexibility index (Phi) is 4.90. The number of aromatic nitrogens is 2. The highest BCUT2D eigenvalue weighted by atomic mass is 32.2. The van der Waals surface area contributed by atoms with Gasteiger partial charge in [-0.15, -0.1) is 11.8 Å². The second-order valence-corrected chi connectivity index (χ2v) is 7.79. The molecule has 0 fully saturated rings. The first-order valence-corrected chi connectivity index (χ1v) is 9.89. The number of aryl methyl sites for hydroxylation is 2. The van der Waals surface area contributed by atoms with Gasteiger partial charge < -0.3 is 10.1 Å². The number of nitrogens with zero attached hydrogens (tertiary/aromatic N) is 1. The second kappa shape index (κ2) is 7.48. The van der Waals surface area contributed by atoms with Crippen LogP contribution >= 0.6 is 11.8 Å². The van der Waals surface area contributed by atoms with Gasteiger partial charge in [0.05, 0.1) is 11.0 Å². The Morgan fingerprint density at radius 2 is 1.85 bits per heavy atom. The first kappa shape index (κ1) is 17.7. The molecule has 0 saturated carbocycles. The van der Waals surface area contributed by atoms with Crippen molar-refractivity contribution in [1.82, 2.24) is 10.2 Å². The maximum absolute atomic E-state index is 11.9. The lowest BCUT2D eigenvalue weighted by atomic mass is 10.0. The molecule has 2 aromatic carbocycles. The number of hydrogen-bond donors (Lipinski definition) is 2. The largest absolute Gasteiger partial charge is 0.489 e. The van der Waals surface area contributed by atoms with Crippen molar-refractivity contribution in [1.29, 1.82) is 0 Å². The van der Waals surface area contributed by atoms with E-state index < -0.39 is 0 Å². The summed E-state index contributed by atoms with van der Waals surface area (Å²) in [5.74, 6) is 1.85. The van der Waals surface area contributed by atoms with Crippen LogP contribution in [0.3, 0.4) is 0 Å². The van der Waals surface area contributed by atoms with Crippen molar-refractivity contribution in [2.75, 3.05) is 11.1 Å². The molecule has 3 aromatic rings. The molecule has 1 atom stereocenters. The lowest BCUT2D eigenvalue weighted by Gasteiger charge is -2.16. The molecule has 0 bridgehead atoms. The van der Waals surface area contributed by atoms with Crippen LogP contribution in [0.15, 0.2) is 48.5 Å². The van der Waals surface area contributed by atoms with Gasteiger partial charge in [-0.2, -0.15) is 5.10 Å². The lowest BCUT2D eigenvalue weighted by molar-refractivity contribution is -0.113. The molecule has 0 radical (unpaired) electrons. The third-order valence-corrected chi connectivity index (χ3v) is 5.87. The molecule has 6 heteroatoms. The zero-order valence-electron chi connectivity index (χ0n) is 15.3. The SMILES string of the molecule is Cc1ccc(COc2ccc([C@@H]3SCC(=O)Nc4n[nH]c(C)c43)cc2)cc1. The number of amides is 1. The molecule has 0 spiro atoms. The van der Waals surface area contributed by atoms with E-state index in [9.17, 15) is 4.79 Å². The number of benzene rings is 2. The zero-order valence-corrected chi connectivity index (χ0v) is 16.1. The molecule has 0 saturated heterocycles. The molecule has 5 nitrogen and oxygen atoms in total. The Hall–Kier alpha value is -2.73. The number of hydrogen-bond acceptors (Lipinski definition) is 4. The smallest absolute Gasteiger partial charge is 0.235 e. The third-order valence-electron chi connectivity index (χ3n) is 4.60. The van der Waals surface area contributed by atoms with Crippen LogP contribution in [0.1, 0.15) is 33.2 Å². The minimum Gasteiger partial charge on any atom is -0.489 e. The number of ether oxygens (including phenoxy) is 1. The molecule has 1 aliphatic heterocycles. The summed E-state index contributed by atoms with van der Waals surface area (Å²) in [7, 11) is 0. The van der Waals surface area contributed by atoms with Gasteiger partial charge in [0.1, 0.15) is 12.4 Å². The van der Waals surface area contributed by atoms with Crippen molar-refractivity contribution in [3.8, 4) is 5.75 Å².